The quantitative estimate of drug-likeness (QED) is 0.585. The van der Waals surface area contributed by atoms with Gasteiger partial charge in [-0.3, -0.25) is 9.36 Å². The van der Waals surface area contributed by atoms with Crippen LogP contribution in [0.2, 0.25) is 5.02 Å². The number of benzene rings is 1. The molecular formula is C22H20ClF2N7O. The van der Waals surface area contributed by atoms with E-state index in [1.54, 1.807) is 18.2 Å². The molecule has 1 amide bonds. The molecule has 3 aliphatic heterocycles. The first kappa shape index (κ1) is 20.3. The molecule has 0 atom stereocenters. The van der Waals surface area contributed by atoms with E-state index in [1.807, 2.05) is 10.6 Å². The van der Waals surface area contributed by atoms with E-state index in [0.29, 0.717) is 16.8 Å². The van der Waals surface area contributed by atoms with E-state index in [0.717, 1.165) is 43.2 Å². The molecule has 1 spiro atoms. The zero-order valence-electron chi connectivity index (χ0n) is 17.6. The van der Waals surface area contributed by atoms with Gasteiger partial charge in [0.25, 0.3) is 5.91 Å². The van der Waals surface area contributed by atoms with Crippen molar-refractivity contribution in [2.75, 3.05) is 42.7 Å². The summed E-state index contributed by atoms with van der Waals surface area (Å²) >= 11 is 6.21. The van der Waals surface area contributed by atoms with Gasteiger partial charge in [0.15, 0.2) is 12.5 Å². The Balaban J connectivity index is 1.25. The van der Waals surface area contributed by atoms with Gasteiger partial charge < -0.3 is 14.7 Å². The van der Waals surface area contributed by atoms with Crippen molar-refractivity contribution in [3.63, 3.8) is 0 Å². The largest absolute Gasteiger partial charge is 0.355 e. The van der Waals surface area contributed by atoms with Crippen LogP contribution in [0.25, 0.3) is 5.69 Å². The second-order valence-electron chi connectivity index (χ2n) is 8.95. The summed E-state index contributed by atoms with van der Waals surface area (Å²) in [6, 6.07) is 8.59. The Hall–Kier alpha value is -3.27. The summed E-state index contributed by atoms with van der Waals surface area (Å²) in [5, 5.41) is 9.30. The number of carbonyl (C=O) groups is 1. The van der Waals surface area contributed by atoms with Gasteiger partial charge >= 0.3 is 0 Å². The monoisotopic (exact) mass is 471 g/mol. The Labute approximate surface area is 193 Å². The van der Waals surface area contributed by atoms with Crippen LogP contribution in [0.3, 0.4) is 0 Å². The third-order valence-electron chi connectivity index (χ3n) is 6.58. The number of pyridine rings is 1. The molecule has 0 radical (unpaired) electrons. The summed E-state index contributed by atoms with van der Waals surface area (Å²) in [7, 11) is 0. The number of anilines is 2. The Morgan fingerprint density at radius 3 is 2.58 bits per heavy atom. The van der Waals surface area contributed by atoms with E-state index in [9.17, 15) is 13.6 Å². The predicted molar refractivity (Wildman–Crippen MR) is 118 cm³/mol. The molecule has 2 aromatic heterocycles. The molecule has 1 aromatic carbocycles. The third kappa shape index (κ3) is 3.31. The lowest BCUT2D eigenvalue weighted by Crippen LogP contribution is -2.73. The fourth-order valence-electron chi connectivity index (χ4n) is 5.04. The topological polar surface area (TPSA) is 70.4 Å². The Kier molecular flexibility index (Phi) is 4.55. The molecule has 3 aromatic rings. The molecule has 0 saturated carbocycles. The molecule has 2 fully saturated rings. The first-order valence-electron chi connectivity index (χ1n) is 10.6. The lowest BCUT2D eigenvalue weighted by atomic mass is 9.73. The number of nitrogens with zero attached hydrogens (tertiary/aromatic N) is 7. The first-order valence-corrected chi connectivity index (χ1v) is 11.0. The van der Waals surface area contributed by atoms with Crippen LogP contribution < -0.4 is 9.80 Å². The van der Waals surface area contributed by atoms with Gasteiger partial charge in [-0.05, 0) is 35.9 Å². The highest BCUT2D eigenvalue weighted by Crippen LogP contribution is 2.44. The van der Waals surface area contributed by atoms with Crippen molar-refractivity contribution in [1.82, 2.24) is 24.6 Å². The Morgan fingerprint density at radius 2 is 1.85 bits per heavy atom. The van der Waals surface area contributed by atoms with Crippen LogP contribution in [-0.4, -0.2) is 63.4 Å². The highest BCUT2D eigenvalue weighted by Gasteiger charge is 2.53. The fourth-order valence-corrected chi connectivity index (χ4v) is 5.23. The molecule has 0 unspecified atom stereocenters. The number of hydrogen-bond acceptors (Lipinski definition) is 6. The van der Waals surface area contributed by atoms with Crippen molar-refractivity contribution in [3.05, 3.63) is 58.8 Å². The molecule has 3 aliphatic rings. The van der Waals surface area contributed by atoms with Crippen molar-refractivity contribution in [2.24, 2.45) is 5.41 Å². The molecule has 170 valence electrons. The van der Waals surface area contributed by atoms with Crippen molar-refractivity contribution >= 4 is 29.3 Å². The predicted octanol–water partition coefficient (Wildman–Crippen LogP) is 2.59. The molecule has 5 heterocycles. The number of carbonyl (C=O) groups excluding carboxylic acids is 1. The van der Waals surface area contributed by atoms with E-state index in [4.69, 9.17) is 11.6 Å². The summed E-state index contributed by atoms with van der Waals surface area (Å²) in [6.45, 7) is 2.65. The summed E-state index contributed by atoms with van der Waals surface area (Å²) in [6.07, 6.45) is 1.24. The van der Waals surface area contributed by atoms with Crippen LogP contribution in [0.5, 0.6) is 0 Å². The number of amides is 1. The van der Waals surface area contributed by atoms with E-state index in [-0.39, 0.29) is 24.3 Å². The maximum absolute atomic E-state index is 13.1. The SMILES string of the molecule is O=C(CF)N1Cc2cc(Cl)ccc2-n2c(nnc2N2CC3(CN(c4ccc(F)cn4)C3)C2)C1. The number of hydrogen-bond donors (Lipinski definition) is 0. The van der Waals surface area contributed by atoms with Crippen LogP contribution >= 0.6 is 11.6 Å². The van der Waals surface area contributed by atoms with E-state index in [2.05, 4.69) is 25.0 Å². The Morgan fingerprint density at radius 1 is 1.06 bits per heavy atom. The zero-order valence-corrected chi connectivity index (χ0v) is 18.3. The van der Waals surface area contributed by atoms with Gasteiger partial charge in [-0.2, -0.15) is 0 Å². The first-order chi connectivity index (χ1) is 15.9. The van der Waals surface area contributed by atoms with Crippen molar-refractivity contribution in [2.45, 2.75) is 13.1 Å². The lowest BCUT2D eigenvalue weighted by Gasteiger charge is -2.60. The maximum Gasteiger partial charge on any atom is 0.254 e. The average molecular weight is 472 g/mol. The molecule has 33 heavy (non-hydrogen) atoms. The number of fused-ring (bicyclic) bond motifs is 3. The smallest absolute Gasteiger partial charge is 0.254 e. The molecule has 11 heteroatoms. The standard InChI is InChI=1S/C22H20ClF2N7O/c23-15-1-3-17-14(5-15)8-29(20(33)6-24)9-19-27-28-21(32(17)19)31-12-22(13-31)10-30(11-22)18-4-2-16(25)7-26-18/h1-5,7H,6,8-13H2. The number of halogens is 3. The molecule has 2 saturated heterocycles. The van der Waals surface area contributed by atoms with Crippen molar-refractivity contribution in [3.8, 4) is 5.69 Å². The van der Waals surface area contributed by atoms with Crippen LogP contribution in [0.1, 0.15) is 11.4 Å². The van der Waals surface area contributed by atoms with Crippen LogP contribution in [0, 0.1) is 11.2 Å². The normalized spacial score (nSPS) is 18.3. The van der Waals surface area contributed by atoms with Gasteiger partial charge in [-0.25, -0.2) is 13.8 Å². The van der Waals surface area contributed by atoms with E-state index < -0.39 is 12.6 Å². The molecule has 0 aliphatic carbocycles. The molecule has 0 N–H and O–H groups in total. The van der Waals surface area contributed by atoms with Crippen LogP contribution in [0.15, 0.2) is 36.5 Å². The fraction of sp³-hybridized carbons (Fsp3) is 0.364. The average Bonchev–Trinajstić information content (AvgIpc) is 3.07. The number of alkyl halides is 1. The zero-order chi connectivity index (χ0) is 22.7. The lowest BCUT2D eigenvalue weighted by molar-refractivity contribution is -0.133. The molecule has 8 nitrogen and oxygen atoms in total. The minimum Gasteiger partial charge on any atom is -0.355 e. The van der Waals surface area contributed by atoms with Gasteiger partial charge in [0.05, 0.1) is 18.4 Å². The van der Waals surface area contributed by atoms with Gasteiger partial charge in [0.2, 0.25) is 5.95 Å². The highest BCUT2D eigenvalue weighted by atomic mass is 35.5. The van der Waals surface area contributed by atoms with Crippen LogP contribution in [-0.2, 0) is 17.9 Å². The van der Waals surface area contributed by atoms with Gasteiger partial charge in [-0.15, -0.1) is 10.2 Å². The number of rotatable bonds is 3. The Bertz CT molecular complexity index is 1230. The summed E-state index contributed by atoms with van der Waals surface area (Å²) in [5.41, 5.74) is 1.79. The van der Waals surface area contributed by atoms with Gasteiger partial charge in [0, 0.05) is 43.2 Å². The summed E-state index contributed by atoms with van der Waals surface area (Å²) < 4.78 is 28.2. The van der Waals surface area contributed by atoms with E-state index >= 15 is 0 Å². The summed E-state index contributed by atoms with van der Waals surface area (Å²) in [5.74, 6) is 1.13. The summed E-state index contributed by atoms with van der Waals surface area (Å²) in [4.78, 5) is 22.0. The third-order valence-corrected chi connectivity index (χ3v) is 6.81. The minimum absolute atomic E-state index is 0.131. The van der Waals surface area contributed by atoms with Crippen LogP contribution in [0.4, 0.5) is 20.5 Å². The minimum atomic E-state index is -1.06. The van der Waals surface area contributed by atoms with Crippen molar-refractivity contribution in [1.29, 1.82) is 0 Å². The van der Waals surface area contributed by atoms with Gasteiger partial charge in [-0.1, -0.05) is 11.6 Å². The second kappa shape index (κ2) is 7.38. The second-order valence-corrected chi connectivity index (χ2v) is 9.39. The van der Waals surface area contributed by atoms with Crippen molar-refractivity contribution < 1.29 is 13.6 Å². The van der Waals surface area contributed by atoms with Gasteiger partial charge in [0.1, 0.15) is 11.6 Å². The number of aromatic nitrogens is 4. The highest BCUT2D eigenvalue weighted by molar-refractivity contribution is 6.30. The maximum atomic E-state index is 13.1. The molecule has 6 rings (SSSR count). The van der Waals surface area contributed by atoms with E-state index in [1.165, 1.54) is 17.2 Å². The molecular weight excluding hydrogens is 452 g/mol. The molecule has 0 bridgehead atoms.